The zero-order chi connectivity index (χ0) is 17.6. The minimum atomic E-state index is -0.260. The monoisotopic (exact) mass is 340 g/mol. The van der Waals surface area contributed by atoms with Crippen molar-refractivity contribution in [1.82, 2.24) is 0 Å². The van der Waals surface area contributed by atoms with Crippen molar-refractivity contribution in [3.05, 3.63) is 53.1 Å². The molecule has 5 nitrogen and oxygen atoms in total. The van der Waals surface area contributed by atoms with Gasteiger partial charge >= 0.3 is 0 Å². The molecule has 1 fully saturated rings. The van der Waals surface area contributed by atoms with E-state index < -0.39 is 0 Å². The standard InChI is InChI=1S/C20H20O5/c1-24-10-12-6-14(22)8-18-16-7-15(23)9-17(16)19(25-20(12)18)11-2-4-13(21)5-3-11/h2-6,8,16-17,19,21-22H,7,9-10H2,1H3. The van der Waals surface area contributed by atoms with E-state index in [0.717, 1.165) is 16.7 Å². The van der Waals surface area contributed by atoms with Gasteiger partial charge in [-0.15, -0.1) is 0 Å². The van der Waals surface area contributed by atoms with Crippen LogP contribution in [0.1, 0.15) is 41.6 Å². The number of ketones is 1. The summed E-state index contributed by atoms with van der Waals surface area (Å²) in [5.41, 5.74) is 2.60. The third-order valence-electron chi connectivity index (χ3n) is 5.16. The Bertz CT molecular complexity index is 812. The van der Waals surface area contributed by atoms with Gasteiger partial charge in [0, 0.05) is 42.9 Å². The number of phenols is 2. The molecular formula is C20H20O5. The number of phenolic OH excluding ortho intramolecular Hbond substituents is 2. The van der Waals surface area contributed by atoms with Gasteiger partial charge in [0.25, 0.3) is 0 Å². The van der Waals surface area contributed by atoms with Crippen LogP contribution in [0.25, 0.3) is 0 Å². The van der Waals surface area contributed by atoms with E-state index in [-0.39, 0.29) is 35.2 Å². The smallest absolute Gasteiger partial charge is 0.133 e. The molecule has 0 radical (unpaired) electrons. The summed E-state index contributed by atoms with van der Waals surface area (Å²) in [5.74, 6) is 1.33. The van der Waals surface area contributed by atoms with E-state index in [1.54, 1.807) is 31.4 Å². The van der Waals surface area contributed by atoms with Crippen LogP contribution in [0.4, 0.5) is 0 Å². The summed E-state index contributed by atoms with van der Waals surface area (Å²) in [6.07, 6.45) is 0.667. The topological polar surface area (TPSA) is 76.0 Å². The lowest BCUT2D eigenvalue weighted by molar-refractivity contribution is -0.117. The van der Waals surface area contributed by atoms with Crippen LogP contribution in [0.3, 0.4) is 0 Å². The molecule has 2 aliphatic rings. The average molecular weight is 340 g/mol. The van der Waals surface area contributed by atoms with Crippen molar-refractivity contribution < 1.29 is 24.5 Å². The minimum Gasteiger partial charge on any atom is -0.508 e. The number of carbonyl (C=O) groups excluding carboxylic acids is 1. The number of methoxy groups -OCH3 is 1. The number of ether oxygens (including phenoxy) is 2. The minimum absolute atomic E-state index is 0.0257. The molecule has 2 aromatic carbocycles. The molecule has 0 amide bonds. The van der Waals surface area contributed by atoms with E-state index in [9.17, 15) is 15.0 Å². The lowest BCUT2D eigenvalue weighted by Gasteiger charge is -2.37. The van der Waals surface area contributed by atoms with Crippen molar-refractivity contribution in [1.29, 1.82) is 0 Å². The Labute approximate surface area is 145 Å². The molecule has 3 atom stereocenters. The van der Waals surface area contributed by atoms with Gasteiger partial charge in [-0.25, -0.2) is 0 Å². The fraction of sp³-hybridized carbons (Fsp3) is 0.350. The highest BCUT2D eigenvalue weighted by molar-refractivity contribution is 5.83. The van der Waals surface area contributed by atoms with Gasteiger partial charge in [-0.3, -0.25) is 4.79 Å². The van der Waals surface area contributed by atoms with Gasteiger partial charge in [-0.2, -0.15) is 0 Å². The van der Waals surface area contributed by atoms with Crippen LogP contribution in [0.5, 0.6) is 17.2 Å². The zero-order valence-corrected chi connectivity index (χ0v) is 13.9. The maximum atomic E-state index is 12.2. The predicted molar refractivity (Wildman–Crippen MR) is 90.8 cm³/mol. The molecule has 130 valence electrons. The van der Waals surface area contributed by atoms with E-state index in [2.05, 4.69) is 0 Å². The third-order valence-corrected chi connectivity index (χ3v) is 5.16. The Morgan fingerprint density at radius 3 is 2.60 bits per heavy atom. The number of rotatable bonds is 3. The molecule has 1 aliphatic carbocycles. The number of Topliss-reactive ketones (excluding diaryl/α,β-unsaturated/α-hetero) is 1. The average Bonchev–Trinajstić information content (AvgIpc) is 2.97. The molecule has 1 saturated carbocycles. The lowest BCUT2D eigenvalue weighted by Crippen LogP contribution is -2.27. The van der Waals surface area contributed by atoms with E-state index >= 15 is 0 Å². The van der Waals surface area contributed by atoms with Gasteiger partial charge in [0.15, 0.2) is 0 Å². The Morgan fingerprint density at radius 2 is 1.88 bits per heavy atom. The quantitative estimate of drug-likeness (QED) is 0.895. The molecule has 0 spiro atoms. The molecule has 2 N–H and O–H groups in total. The van der Waals surface area contributed by atoms with E-state index in [4.69, 9.17) is 9.47 Å². The first-order chi connectivity index (χ1) is 12.1. The Morgan fingerprint density at radius 1 is 1.12 bits per heavy atom. The first-order valence-corrected chi connectivity index (χ1v) is 8.39. The van der Waals surface area contributed by atoms with Gasteiger partial charge in [0.2, 0.25) is 0 Å². The predicted octanol–water partition coefficient (Wildman–Crippen LogP) is 3.44. The number of benzene rings is 2. The van der Waals surface area contributed by atoms with Crippen molar-refractivity contribution in [3.8, 4) is 17.2 Å². The SMILES string of the molecule is COCc1cc(O)cc2c1OC(c1ccc(O)cc1)C1CC(=O)CC21. The molecule has 1 aliphatic heterocycles. The fourth-order valence-corrected chi connectivity index (χ4v) is 4.12. The van der Waals surface area contributed by atoms with Gasteiger partial charge in [0.05, 0.1) is 6.61 Å². The second-order valence-corrected chi connectivity index (χ2v) is 6.80. The molecular weight excluding hydrogens is 320 g/mol. The van der Waals surface area contributed by atoms with Crippen LogP contribution in [0.15, 0.2) is 36.4 Å². The summed E-state index contributed by atoms with van der Waals surface area (Å²) >= 11 is 0. The number of hydrogen-bond acceptors (Lipinski definition) is 5. The molecule has 4 rings (SSSR count). The van der Waals surface area contributed by atoms with Crippen LogP contribution >= 0.6 is 0 Å². The maximum absolute atomic E-state index is 12.2. The first kappa shape index (κ1) is 16.0. The second-order valence-electron chi connectivity index (χ2n) is 6.80. The van der Waals surface area contributed by atoms with Crippen molar-refractivity contribution in [3.63, 3.8) is 0 Å². The lowest BCUT2D eigenvalue weighted by atomic mass is 9.79. The van der Waals surface area contributed by atoms with Gasteiger partial charge in [-0.05, 0) is 29.8 Å². The molecule has 25 heavy (non-hydrogen) atoms. The highest BCUT2D eigenvalue weighted by Crippen LogP contribution is 2.54. The van der Waals surface area contributed by atoms with Crippen molar-refractivity contribution in [2.24, 2.45) is 5.92 Å². The maximum Gasteiger partial charge on any atom is 0.133 e. The van der Waals surface area contributed by atoms with Crippen LogP contribution in [-0.2, 0) is 16.1 Å². The third kappa shape index (κ3) is 2.74. The van der Waals surface area contributed by atoms with Crippen molar-refractivity contribution in [2.45, 2.75) is 31.5 Å². The summed E-state index contributed by atoms with van der Waals surface area (Å²) in [7, 11) is 1.60. The number of fused-ring (bicyclic) bond motifs is 3. The molecule has 0 bridgehead atoms. The van der Waals surface area contributed by atoms with Crippen molar-refractivity contribution >= 4 is 5.78 Å². The Balaban J connectivity index is 1.83. The van der Waals surface area contributed by atoms with Crippen LogP contribution in [0, 0.1) is 5.92 Å². The largest absolute Gasteiger partial charge is 0.508 e. The normalized spacial score (nSPS) is 24.5. The summed E-state index contributed by atoms with van der Waals surface area (Å²) in [5, 5.41) is 19.6. The Hall–Kier alpha value is -2.53. The fourth-order valence-electron chi connectivity index (χ4n) is 4.12. The summed E-state index contributed by atoms with van der Waals surface area (Å²) in [6, 6.07) is 10.3. The van der Waals surface area contributed by atoms with Crippen molar-refractivity contribution in [2.75, 3.05) is 7.11 Å². The second kappa shape index (κ2) is 6.08. The summed E-state index contributed by atoms with van der Waals surface area (Å²) in [4.78, 5) is 12.2. The van der Waals surface area contributed by atoms with E-state index in [0.29, 0.717) is 25.2 Å². The molecule has 3 unspecified atom stereocenters. The van der Waals surface area contributed by atoms with Crippen LogP contribution in [-0.4, -0.2) is 23.1 Å². The number of carbonyl (C=O) groups is 1. The van der Waals surface area contributed by atoms with E-state index in [1.807, 2.05) is 12.1 Å². The first-order valence-electron chi connectivity index (χ1n) is 8.39. The summed E-state index contributed by atoms with van der Waals surface area (Å²) in [6.45, 7) is 0.324. The molecule has 1 heterocycles. The highest BCUT2D eigenvalue weighted by atomic mass is 16.5. The molecule has 0 saturated heterocycles. The van der Waals surface area contributed by atoms with E-state index in [1.165, 1.54) is 0 Å². The molecule has 5 heteroatoms. The molecule has 0 aromatic heterocycles. The number of aromatic hydroxyl groups is 2. The van der Waals surface area contributed by atoms with Crippen LogP contribution in [0.2, 0.25) is 0 Å². The molecule has 2 aromatic rings. The van der Waals surface area contributed by atoms with Crippen LogP contribution < -0.4 is 4.74 Å². The zero-order valence-electron chi connectivity index (χ0n) is 13.9. The highest BCUT2D eigenvalue weighted by Gasteiger charge is 2.46. The Kier molecular flexibility index (Phi) is 3.88. The summed E-state index contributed by atoms with van der Waals surface area (Å²) < 4.78 is 11.6. The van der Waals surface area contributed by atoms with Gasteiger partial charge in [0.1, 0.15) is 29.1 Å². The number of hydrogen-bond donors (Lipinski definition) is 2. The van der Waals surface area contributed by atoms with Gasteiger partial charge < -0.3 is 19.7 Å². The van der Waals surface area contributed by atoms with Gasteiger partial charge in [-0.1, -0.05) is 12.1 Å².